The van der Waals surface area contributed by atoms with E-state index in [9.17, 15) is 12.8 Å². The Morgan fingerprint density at radius 1 is 1.20 bits per heavy atom. The molecule has 0 amide bonds. The Balaban J connectivity index is 2.40. The van der Waals surface area contributed by atoms with E-state index in [2.05, 4.69) is 20.7 Å². The summed E-state index contributed by atoms with van der Waals surface area (Å²) in [5.41, 5.74) is 6.96. The molecule has 0 atom stereocenters. The first kappa shape index (κ1) is 14.8. The van der Waals surface area contributed by atoms with Gasteiger partial charge in [-0.15, -0.1) is 0 Å². The van der Waals surface area contributed by atoms with Crippen LogP contribution in [0.3, 0.4) is 0 Å². The molecule has 106 valence electrons. The van der Waals surface area contributed by atoms with Crippen LogP contribution in [-0.2, 0) is 10.0 Å². The predicted molar refractivity (Wildman–Crippen MR) is 80.5 cm³/mol. The quantitative estimate of drug-likeness (QED) is 0.827. The molecule has 0 aromatic heterocycles. The van der Waals surface area contributed by atoms with Crippen LogP contribution in [0.4, 0.5) is 15.8 Å². The molecule has 0 saturated heterocycles. The Labute approximate surface area is 125 Å². The number of anilines is 2. The zero-order valence-electron chi connectivity index (χ0n) is 10.5. The number of sulfonamides is 1. The minimum absolute atomic E-state index is 0.0698. The summed E-state index contributed by atoms with van der Waals surface area (Å²) in [5, 5.41) is 0. The lowest BCUT2D eigenvalue weighted by molar-refractivity contribution is 0.601. The molecule has 0 fully saturated rings. The molecule has 20 heavy (non-hydrogen) atoms. The first-order valence-electron chi connectivity index (χ1n) is 5.63. The van der Waals surface area contributed by atoms with Crippen molar-refractivity contribution < 1.29 is 12.8 Å². The fourth-order valence-electron chi connectivity index (χ4n) is 1.59. The van der Waals surface area contributed by atoms with Crippen molar-refractivity contribution in [1.29, 1.82) is 0 Å². The highest BCUT2D eigenvalue weighted by molar-refractivity contribution is 9.10. The normalized spacial score (nSPS) is 11.3. The van der Waals surface area contributed by atoms with Gasteiger partial charge in [-0.1, -0.05) is 0 Å². The number of nitrogens with two attached hydrogens (primary N) is 1. The second-order valence-corrected chi connectivity index (χ2v) is 6.78. The van der Waals surface area contributed by atoms with Gasteiger partial charge in [0, 0.05) is 10.2 Å². The van der Waals surface area contributed by atoms with Crippen molar-refractivity contribution in [2.45, 2.75) is 11.8 Å². The standard InChI is InChI=1S/C13H12BrFN2O2S/c1-8-6-10(3-5-12(8)16)20(18,19)17-13-7-9(15)2-4-11(13)14/h2-7,17H,16H2,1H3. The Morgan fingerprint density at radius 2 is 1.90 bits per heavy atom. The van der Waals surface area contributed by atoms with Crippen LogP contribution in [0.2, 0.25) is 0 Å². The highest BCUT2D eigenvalue weighted by atomic mass is 79.9. The lowest BCUT2D eigenvalue weighted by Crippen LogP contribution is -2.14. The van der Waals surface area contributed by atoms with Crippen molar-refractivity contribution in [3.63, 3.8) is 0 Å². The number of halogens is 2. The van der Waals surface area contributed by atoms with Crippen molar-refractivity contribution in [3.05, 3.63) is 52.3 Å². The molecule has 0 bridgehead atoms. The fourth-order valence-corrected chi connectivity index (χ4v) is 3.23. The van der Waals surface area contributed by atoms with Crippen molar-refractivity contribution in [1.82, 2.24) is 0 Å². The monoisotopic (exact) mass is 358 g/mol. The van der Waals surface area contributed by atoms with Crippen molar-refractivity contribution in [2.24, 2.45) is 0 Å². The number of rotatable bonds is 3. The topological polar surface area (TPSA) is 72.2 Å². The maximum absolute atomic E-state index is 13.2. The van der Waals surface area contributed by atoms with Gasteiger partial charge in [0.2, 0.25) is 0 Å². The van der Waals surface area contributed by atoms with Crippen LogP contribution in [0.1, 0.15) is 5.56 Å². The molecule has 0 aliphatic heterocycles. The molecule has 0 aliphatic rings. The molecule has 2 aromatic rings. The molecule has 2 rings (SSSR count). The summed E-state index contributed by atoms with van der Waals surface area (Å²) in [6.45, 7) is 1.71. The van der Waals surface area contributed by atoms with Gasteiger partial charge >= 0.3 is 0 Å². The first-order valence-corrected chi connectivity index (χ1v) is 7.91. The predicted octanol–water partition coefficient (Wildman–Crippen LogP) is 3.28. The zero-order valence-corrected chi connectivity index (χ0v) is 12.9. The van der Waals surface area contributed by atoms with E-state index < -0.39 is 15.8 Å². The smallest absolute Gasteiger partial charge is 0.261 e. The molecule has 0 radical (unpaired) electrons. The second-order valence-electron chi connectivity index (χ2n) is 4.25. The number of hydrogen-bond acceptors (Lipinski definition) is 3. The van der Waals surface area contributed by atoms with Gasteiger partial charge in [0.05, 0.1) is 10.6 Å². The van der Waals surface area contributed by atoms with E-state index in [0.29, 0.717) is 15.7 Å². The molecule has 0 unspecified atom stereocenters. The van der Waals surface area contributed by atoms with Crippen LogP contribution in [-0.4, -0.2) is 8.42 Å². The zero-order chi connectivity index (χ0) is 14.9. The van der Waals surface area contributed by atoms with Crippen LogP contribution >= 0.6 is 15.9 Å². The van der Waals surface area contributed by atoms with Gasteiger partial charge in [-0.05, 0) is 64.8 Å². The van der Waals surface area contributed by atoms with E-state index in [1.807, 2.05) is 0 Å². The summed E-state index contributed by atoms with van der Waals surface area (Å²) in [7, 11) is -3.79. The minimum Gasteiger partial charge on any atom is -0.399 e. The highest BCUT2D eigenvalue weighted by Crippen LogP contribution is 2.26. The molecule has 0 saturated carbocycles. The van der Waals surface area contributed by atoms with Gasteiger partial charge in [-0.3, -0.25) is 4.72 Å². The molecule has 0 spiro atoms. The van der Waals surface area contributed by atoms with Gasteiger partial charge in [-0.25, -0.2) is 12.8 Å². The van der Waals surface area contributed by atoms with E-state index in [4.69, 9.17) is 5.73 Å². The average molecular weight is 359 g/mol. The Bertz CT molecular complexity index is 763. The Hall–Kier alpha value is -1.60. The maximum Gasteiger partial charge on any atom is 0.261 e. The van der Waals surface area contributed by atoms with E-state index >= 15 is 0 Å². The lowest BCUT2D eigenvalue weighted by atomic mass is 10.2. The van der Waals surface area contributed by atoms with Crippen LogP contribution in [0.5, 0.6) is 0 Å². The molecule has 0 aliphatic carbocycles. The molecule has 2 aromatic carbocycles. The van der Waals surface area contributed by atoms with Crippen molar-refractivity contribution >= 4 is 37.3 Å². The SMILES string of the molecule is Cc1cc(S(=O)(=O)Nc2cc(F)ccc2Br)ccc1N. The molecule has 0 heterocycles. The molecular weight excluding hydrogens is 347 g/mol. The summed E-state index contributed by atoms with van der Waals surface area (Å²) in [6.07, 6.45) is 0. The summed E-state index contributed by atoms with van der Waals surface area (Å²) in [6, 6.07) is 8.15. The molecular formula is C13H12BrFN2O2S. The van der Waals surface area contributed by atoms with Crippen LogP contribution in [0.25, 0.3) is 0 Å². The second kappa shape index (κ2) is 5.41. The Kier molecular flexibility index (Phi) is 4.01. The molecule has 4 nitrogen and oxygen atoms in total. The van der Waals surface area contributed by atoms with E-state index in [-0.39, 0.29) is 10.6 Å². The third-order valence-corrected chi connectivity index (χ3v) is 4.78. The van der Waals surface area contributed by atoms with Gasteiger partial charge in [0.15, 0.2) is 0 Å². The third-order valence-electron chi connectivity index (χ3n) is 2.72. The van der Waals surface area contributed by atoms with Gasteiger partial charge in [-0.2, -0.15) is 0 Å². The summed E-state index contributed by atoms with van der Waals surface area (Å²) < 4.78 is 40.4. The van der Waals surface area contributed by atoms with Crippen molar-refractivity contribution in [2.75, 3.05) is 10.5 Å². The van der Waals surface area contributed by atoms with Crippen molar-refractivity contribution in [3.8, 4) is 0 Å². The van der Waals surface area contributed by atoms with Gasteiger partial charge in [0.1, 0.15) is 5.82 Å². The number of benzene rings is 2. The summed E-state index contributed by atoms with van der Waals surface area (Å²) in [5.74, 6) is -0.528. The number of aryl methyl sites for hydroxylation is 1. The average Bonchev–Trinajstić information content (AvgIpc) is 2.36. The van der Waals surface area contributed by atoms with E-state index in [1.54, 1.807) is 6.92 Å². The molecule has 7 heteroatoms. The fraction of sp³-hybridized carbons (Fsp3) is 0.0769. The minimum atomic E-state index is -3.79. The van der Waals surface area contributed by atoms with E-state index in [1.165, 1.54) is 30.3 Å². The number of hydrogen-bond donors (Lipinski definition) is 2. The summed E-state index contributed by atoms with van der Waals surface area (Å²) >= 11 is 3.17. The summed E-state index contributed by atoms with van der Waals surface area (Å²) in [4.78, 5) is 0.0698. The van der Waals surface area contributed by atoms with Crippen LogP contribution in [0, 0.1) is 12.7 Å². The third kappa shape index (κ3) is 3.10. The Morgan fingerprint density at radius 3 is 2.55 bits per heavy atom. The largest absolute Gasteiger partial charge is 0.399 e. The number of nitrogen functional groups attached to an aromatic ring is 1. The molecule has 3 N–H and O–H groups in total. The van der Waals surface area contributed by atoms with Gasteiger partial charge < -0.3 is 5.73 Å². The number of nitrogens with one attached hydrogen (secondary N) is 1. The maximum atomic E-state index is 13.2. The lowest BCUT2D eigenvalue weighted by Gasteiger charge is -2.11. The highest BCUT2D eigenvalue weighted by Gasteiger charge is 2.16. The van der Waals surface area contributed by atoms with Gasteiger partial charge in [0.25, 0.3) is 10.0 Å². The van der Waals surface area contributed by atoms with Crippen LogP contribution < -0.4 is 10.5 Å². The first-order chi connectivity index (χ1) is 9.29. The van der Waals surface area contributed by atoms with Crippen LogP contribution in [0.15, 0.2) is 45.8 Å². The van der Waals surface area contributed by atoms with E-state index in [0.717, 1.165) is 6.07 Å².